The predicted octanol–water partition coefficient (Wildman–Crippen LogP) is 2.89. The van der Waals surface area contributed by atoms with Crippen molar-refractivity contribution in [2.45, 2.75) is 58.7 Å². The molecular formula is C17H34IN3O2. The molecule has 0 saturated carbocycles. The molecule has 0 aromatic heterocycles. The Morgan fingerprint density at radius 3 is 2.48 bits per heavy atom. The quantitative estimate of drug-likeness (QED) is 0.416. The van der Waals surface area contributed by atoms with Crippen LogP contribution in [0.2, 0.25) is 0 Å². The van der Waals surface area contributed by atoms with Gasteiger partial charge in [-0.2, -0.15) is 0 Å². The lowest BCUT2D eigenvalue weighted by atomic mass is 10.1. The number of ether oxygens (including phenoxy) is 2. The van der Waals surface area contributed by atoms with E-state index in [0.717, 1.165) is 64.6 Å². The van der Waals surface area contributed by atoms with Crippen LogP contribution >= 0.6 is 24.0 Å². The first-order chi connectivity index (χ1) is 10.5. The molecule has 0 bridgehead atoms. The normalized spacial score (nSPS) is 23.7. The molecule has 0 aromatic rings. The summed E-state index contributed by atoms with van der Waals surface area (Å²) in [5.41, 5.74) is -0.0477. The van der Waals surface area contributed by atoms with Crippen LogP contribution in [-0.4, -0.2) is 62.0 Å². The van der Waals surface area contributed by atoms with Gasteiger partial charge < -0.3 is 19.7 Å². The zero-order valence-electron chi connectivity index (χ0n) is 15.1. The minimum absolute atomic E-state index is 0. The monoisotopic (exact) mass is 439 g/mol. The van der Waals surface area contributed by atoms with Gasteiger partial charge in [0.25, 0.3) is 0 Å². The number of nitrogens with zero attached hydrogens (tertiary/aromatic N) is 2. The molecular weight excluding hydrogens is 405 g/mol. The van der Waals surface area contributed by atoms with Gasteiger partial charge >= 0.3 is 0 Å². The summed E-state index contributed by atoms with van der Waals surface area (Å²) in [6.07, 6.45) is 3.68. The molecule has 1 N–H and O–H groups in total. The maximum absolute atomic E-state index is 6.10. The molecule has 6 heteroatoms. The van der Waals surface area contributed by atoms with Gasteiger partial charge in [-0.05, 0) is 47.0 Å². The summed E-state index contributed by atoms with van der Waals surface area (Å²) in [4.78, 5) is 7.21. The summed E-state index contributed by atoms with van der Waals surface area (Å²) in [5.74, 6) is 1.65. The Balaban J connectivity index is 0.00000264. The number of guanidine groups is 1. The van der Waals surface area contributed by atoms with Gasteiger partial charge in [-0.1, -0.05) is 0 Å². The third kappa shape index (κ3) is 7.56. The summed E-state index contributed by atoms with van der Waals surface area (Å²) in [7, 11) is 0. The molecule has 1 atom stereocenters. The molecule has 2 aliphatic heterocycles. The number of nitrogens with one attached hydrogen (secondary N) is 1. The second-order valence-corrected chi connectivity index (χ2v) is 7.34. The van der Waals surface area contributed by atoms with Crippen LogP contribution in [0.4, 0.5) is 0 Å². The van der Waals surface area contributed by atoms with E-state index in [1.54, 1.807) is 0 Å². The Labute approximate surface area is 158 Å². The third-order valence-electron chi connectivity index (χ3n) is 4.12. The fourth-order valence-electron chi connectivity index (χ4n) is 3.05. The fourth-order valence-corrected chi connectivity index (χ4v) is 3.05. The summed E-state index contributed by atoms with van der Waals surface area (Å²) >= 11 is 0. The largest absolute Gasteiger partial charge is 0.381 e. The minimum Gasteiger partial charge on any atom is -0.381 e. The van der Waals surface area contributed by atoms with E-state index in [9.17, 15) is 0 Å². The van der Waals surface area contributed by atoms with Crippen molar-refractivity contribution in [3.05, 3.63) is 0 Å². The molecule has 2 rings (SSSR count). The van der Waals surface area contributed by atoms with Crippen LogP contribution in [0.1, 0.15) is 47.0 Å². The van der Waals surface area contributed by atoms with Crippen LogP contribution in [0.5, 0.6) is 0 Å². The van der Waals surface area contributed by atoms with Crippen molar-refractivity contribution in [1.29, 1.82) is 0 Å². The van der Waals surface area contributed by atoms with Crippen molar-refractivity contribution >= 4 is 29.9 Å². The van der Waals surface area contributed by atoms with Gasteiger partial charge in [-0.15, -0.1) is 24.0 Å². The van der Waals surface area contributed by atoms with E-state index in [0.29, 0.717) is 12.0 Å². The maximum atomic E-state index is 6.10. The molecule has 2 heterocycles. The molecule has 0 aromatic carbocycles. The van der Waals surface area contributed by atoms with E-state index in [1.165, 1.54) is 0 Å². The predicted molar refractivity (Wildman–Crippen MR) is 106 cm³/mol. The number of hydrogen-bond donors (Lipinski definition) is 1. The third-order valence-corrected chi connectivity index (χ3v) is 4.12. The van der Waals surface area contributed by atoms with E-state index in [4.69, 9.17) is 14.5 Å². The van der Waals surface area contributed by atoms with Gasteiger partial charge in [0.2, 0.25) is 0 Å². The van der Waals surface area contributed by atoms with Gasteiger partial charge in [0.05, 0.1) is 18.3 Å². The van der Waals surface area contributed by atoms with Crippen LogP contribution in [0.15, 0.2) is 4.99 Å². The molecule has 2 saturated heterocycles. The number of aliphatic imine (C=N–C) groups is 1. The lowest BCUT2D eigenvalue weighted by molar-refractivity contribution is -0.0772. The number of hydrogen-bond acceptors (Lipinski definition) is 3. The molecule has 0 aliphatic carbocycles. The van der Waals surface area contributed by atoms with Gasteiger partial charge in [-0.25, -0.2) is 0 Å². The SMILES string of the molecule is CCNC(=NCC1CCOC1)N1CCC(OC(C)(C)C)CC1.I. The Morgan fingerprint density at radius 1 is 1.26 bits per heavy atom. The van der Waals surface area contributed by atoms with Gasteiger partial charge in [-0.3, -0.25) is 4.99 Å². The average molecular weight is 439 g/mol. The second-order valence-electron chi connectivity index (χ2n) is 7.34. The van der Waals surface area contributed by atoms with Crippen molar-refractivity contribution in [3.63, 3.8) is 0 Å². The summed E-state index contributed by atoms with van der Waals surface area (Å²) in [6.45, 7) is 14.1. The highest BCUT2D eigenvalue weighted by atomic mass is 127. The van der Waals surface area contributed by atoms with Crippen LogP contribution in [-0.2, 0) is 9.47 Å². The van der Waals surface area contributed by atoms with Gasteiger partial charge in [0.15, 0.2) is 5.96 Å². The Bertz CT molecular complexity index is 357. The zero-order chi connectivity index (χ0) is 16.0. The molecule has 2 aliphatic rings. The van der Waals surface area contributed by atoms with Crippen LogP contribution in [0.25, 0.3) is 0 Å². The highest BCUT2D eigenvalue weighted by molar-refractivity contribution is 14.0. The van der Waals surface area contributed by atoms with Crippen LogP contribution in [0, 0.1) is 5.92 Å². The number of rotatable bonds is 4. The summed E-state index contributed by atoms with van der Waals surface area (Å²) < 4.78 is 11.5. The molecule has 5 nitrogen and oxygen atoms in total. The highest BCUT2D eigenvalue weighted by Gasteiger charge is 2.26. The molecule has 23 heavy (non-hydrogen) atoms. The molecule has 136 valence electrons. The minimum atomic E-state index is -0.0477. The molecule has 0 radical (unpaired) electrons. The second kappa shape index (κ2) is 10.0. The average Bonchev–Trinajstić information content (AvgIpc) is 2.96. The van der Waals surface area contributed by atoms with E-state index in [-0.39, 0.29) is 29.6 Å². The van der Waals surface area contributed by atoms with Crippen LogP contribution < -0.4 is 5.32 Å². The molecule has 2 fully saturated rings. The van der Waals surface area contributed by atoms with Crippen molar-refractivity contribution in [2.75, 3.05) is 39.4 Å². The van der Waals surface area contributed by atoms with Crippen molar-refractivity contribution in [2.24, 2.45) is 10.9 Å². The Hall–Kier alpha value is -0.0800. The van der Waals surface area contributed by atoms with Gasteiger partial charge in [0, 0.05) is 38.7 Å². The summed E-state index contributed by atoms with van der Waals surface area (Å²) in [6, 6.07) is 0. The first-order valence-electron chi connectivity index (χ1n) is 8.76. The number of halogens is 1. The lowest BCUT2D eigenvalue weighted by Gasteiger charge is -2.37. The van der Waals surface area contributed by atoms with E-state index in [2.05, 4.69) is 37.9 Å². The lowest BCUT2D eigenvalue weighted by Crippen LogP contribution is -2.48. The van der Waals surface area contributed by atoms with Crippen molar-refractivity contribution in [3.8, 4) is 0 Å². The molecule has 0 spiro atoms. The topological polar surface area (TPSA) is 46.1 Å². The van der Waals surface area contributed by atoms with Crippen molar-refractivity contribution < 1.29 is 9.47 Å². The zero-order valence-corrected chi connectivity index (χ0v) is 17.5. The van der Waals surface area contributed by atoms with E-state index < -0.39 is 0 Å². The Morgan fingerprint density at radius 2 is 1.96 bits per heavy atom. The number of likely N-dealkylation sites (tertiary alicyclic amines) is 1. The first kappa shape index (κ1) is 21.0. The molecule has 1 unspecified atom stereocenters. The van der Waals surface area contributed by atoms with Crippen molar-refractivity contribution in [1.82, 2.24) is 10.2 Å². The molecule has 0 amide bonds. The van der Waals surface area contributed by atoms with Crippen LogP contribution in [0.3, 0.4) is 0 Å². The highest BCUT2D eigenvalue weighted by Crippen LogP contribution is 2.20. The summed E-state index contributed by atoms with van der Waals surface area (Å²) in [5, 5.41) is 3.43. The van der Waals surface area contributed by atoms with Gasteiger partial charge in [0.1, 0.15) is 0 Å². The first-order valence-corrected chi connectivity index (χ1v) is 8.76. The standard InChI is InChI=1S/C17H33N3O2.HI/c1-5-18-16(19-12-14-8-11-21-13-14)20-9-6-15(7-10-20)22-17(2,3)4;/h14-15H,5-13H2,1-4H3,(H,18,19);1H. The fraction of sp³-hybridized carbons (Fsp3) is 0.941. The Kier molecular flexibility index (Phi) is 9.15. The maximum Gasteiger partial charge on any atom is 0.193 e. The van der Waals surface area contributed by atoms with E-state index >= 15 is 0 Å². The van der Waals surface area contributed by atoms with E-state index in [1.807, 2.05) is 0 Å². The smallest absolute Gasteiger partial charge is 0.193 e. The number of piperidine rings is 1.